The van der Waals surface area contributed by atoms with Crippen LogP contribution in [0.25, 0.3) is 22.2 Å². The minimum absolute atomic E-state index is 0.278. The van der Waals surface area contributed by atoms with Crippen LogP contribution in [-0.4, -0.2) is 14.8 Å². The Morgan fingerprint density at radius 1 is 0.839 bits per heavy atom. The predicted molar refractivity (Wildman–Crippen MR) is 127 cm³/mol. The standard InChI is InChI=1S/C26H20BrN3O/c1-30-23-17-20(27)14-15-21(23)24(29-30)22-13-8-16-28-26(22)31-25(18-9-4-2-5-10-18)19-11-6-3-7-12-19/h2-17,25H,1H3. The second-order valence-electron chi connectivity index (χ2n) is 7.31. The van der Waals surface area contributed by atoms with Crippen molar-refractivity contribution in [2.24, 2.45) is 7.05 Å². The van der Waals surface area contributed by atoms with Crippen molar-refractivity contribution in [3.8, 4) is 17.1 Å². The number of hydrogen-bond donors (Lipinski definition) is 0. The summed E-state index contributed by atoms with van der Waals surface area (Å²) in [5.41, 5.74) is 4.90. The van der Waals surface area contributed by atoms with Crippen LogP contribution in [0.15, 0.2) is 102 Å². The summed E-state index contributed by atoms with van der Waals surface area (Å²) in [6.45, 7) is 0. The molecule has 3 aromatic carbocycles. The van der Waals surface area contributed by atoms with Gasteiger partial charge in [-0.3, -0.25) is 4.68 Å². The van der Waals surface area contributed by atoms with Crippen molar-refractivity contribution in [3.05, 3.63) is 113 Å². The summed E-state index contributed by atoms with van der Waals surface area (Å²) in [5.74, 6) is 0.558. The molecule has 4 nitrogen and oxygen atoms in total. The van der Waals surface area contributed by atoms with Crippen LogP contribution in [0.5, 0.6) is 5.88 Å². The van der Waals surface area contributed by atoms with Crippen molar-refractivity contribution in [1.29, 1.82) is 0 Å². The topological polar surface area (TPSA) is 39.9 Å². The Hall–Kier alpha value is -3.44. The number of pyridine rings is 1. The van der Waals surface area contributed by atoms with Crippen molar-refractivity contribution >= 4 is 26.8 Å². The van der Waals surface area contributed by atoms with E-state index in [4.69, 9.17) is 9.84 Å². The van der Waals surface area contributed by atoms with E-state index in [1.807, 2.05) is 66.3 Å². The molecule has 0 aliphatic rings. The van der Waals surface area contributed by atoms with Crippen molar-refractivity contribution in [3.63, 3.8) is 0 Å². The number of fused-ring (bicyclic) bond motifs is 1. The average Bonchev–Trinajstić information content (AvgIpc) is 3.14. The van der Waals surface area contributed by atoms with E-state index in [9.17, 15) is 0 Å². The number of rotatable bonds is 5. The summed E-state index contributed by atoms with van der Waals surface area (Å²) in [6.07, 6.45) is 1.48. The second kappa shape index (κ2) is 8.36. The van der Waals surface area contributed by atoms with Crippen LogP contribution in [0.3, 0.4) is 0 Å². The van der Waals surface area contributed by atoms with E-state index in [-0.39, 0.29) is 6.10 Å². The van der Waals surface area contributed by atoms with Crippen LogP contribution in [0.1, 0.15) is 17.2 Å². The maximum atomic E-state index is 6.58. The molecule has 152 valence electrons. The fraction of sp³-hybridized carbons (Fsp3) is 0.0769. The Morgan fingerprint density at radius 2 is 1.52 bits per heavy atom. The summed E-state index contributed by atoms with van der Waals surface area (Å²) in [5, 5.41) is 5.85. The highest BCUT2D eigenvalue weighted by Gasteiger charge is 2.21. The Labute approximate surface area is 189 Å². The molecule has 2 aromatic heterocycles. The van der Waals surface area contributed by atoms with Gasteiger partial charge in [-0.15, -0.1) is 0 Å². The summed E-state index contributed by atoms with van der Waals surface area (Å²) in [7, 11) is 1.95. The van der Waals surface area contributed by atoms with Gasteiger partial charge in [0.2, 0.25) is 5.88 Å². The minimum Gasteiger partial charge on any atom is -0.464 e. The fourth-order valence-electron chi connectivity index (χ4n) is 3.79. The van der Waals surface area contributed by atoms with E-state index >= 15 is 0 Å². The third-order valence-corrected chi connectivity index (χ3v) is 5.77. The van der Waals surface area contributed by atoms with E-state index in [0.717, 1.165) is 37.8 Å². The normalized spacial score (nSPS) is 11.2. The molecule has 0 unspecified atom stereocenters. The van der Waals surface area contributed by atoms with Crippen LogP contribution >= 0.6 is 15.9 Å². The van der Waals surface area contributed by atoms with Crippen molar-refractivity contribution < 1.29 is 4.74 Å². The minimum atomic E-state index is -0.278. The molecule has 0 bridgehead atoms. The SMILES string of the molecule is Cn1nc(-c2cccnc2OC(c2ccccc2)c2ccccc2)c2ccc(Br)cc21. The lowest BCUT2D eigenvalue weighted by Crippen LogP contribution is -2.11. The Morgan fingerprint density at radius 3 is 2.19 bits per heavy atom. The highest BCUT2D eigenvalue weighted by atomic mass is 79.9. The zero-order chi connectivity index (χ0) is 21.2. The maximum Gasteiger partial charge on any atom is 0.223 e. The second-order valence-corrected chi connectivity index (χ2v) is 8.22. The molecule has 5 heteroatoms. The monoisotopic (exact) mass is 469 g/mol. The lowest BCUT2D eigenvalue weighted by atomic mass is 10.0. The maximum absolute atomic E-state index is 6.58. The molecular formula is C26H20BrN3O. The third-order valence-electron chi connectivity index (χ3n) is 5.27. The van der Waals surface area contributed by atoms with Gasteiger partial charge >= 0.3 is 0 Å². The first-order valence-electron chi connectivity index (χ1n) is 10.0. The molecule has 0 saturated heterocycles. The van der Waals surface area contributed by atoms with Gasteiger partial charge in [0.1, 0.15) is 5.69 Å². The number of benzene rings is 3. The Bertz CT molecular complexity index is 1290. The highest BCUT2D eigenvalue weighted by molar-refractivity contribution is 9.10. The molecule has 0 spiro atoms. The van der Waals surface area contributed by atoms with Crippen LogP contribution in [-0.2, 0) is 7.05 Å². The van der Waals surface area contributed by atoms with E-state index in [2.05, 4.69) is 57.3 Å². The van der Waals surface area contributed by atoms with Crippen LogP contribution in [0.4, 0.5) is 0 Å². The van der Waals surface area contributed by atoms with Crippen LogP contribution < -0.4 is 4.74 Å². The Kier molecular flexibility index (Phi) is 5.26. The van der Waals surface area contributed by atoms with E-state index in [1.54, 1.807) is 6.20 Å². The van der Waals surface area contributed by atoms with Crippen LogP contribution in [0.2, 0.25) is 0 Å². The quantitative estimate of drug-likeness (QED) is 0.292. The molecule has 0 amide bonds. The molecule has 0 aliphatic carbocycles. The van der Waals surface area contributed by atoms with Gasteiger partial charge in [-0.1, -0.05) is 76.6 Å². The highest BCUT2D eigenvalue weighted by Crippen LogP contribution is 2.37. The molecule has 0 atom stereocenters. The number of aromatic nitrogens is 3. The fourth-order valence-corrected chi connectivity index (χ4v) is 4.14. The molecule has 5 rings (SSSR count). The van der Waals surface area contributed by atoms with Crippen molar-refractivity contribution in [2.75, 3.05) is 0 Å². The molecule has 0 fully saturated rings. The summed E-state index contributed by atoms with van der Waals surface area (Å²) in [4.78, 5) is 4.60. The molecule has 0 radical (unpaired) electrons. The molecule has 2 heterocycles. The first-order chi connectivity index (χ1) is 15.2. The van der Waals surface area contributed by atoms with E-state index in [1.165, 1.54) is 0 Å². The molecule has 31 heavy (non-hydrogen) atoms. The van der Waals surface area contributed by atoms with Gasteiger partial charge in [0.15, 0.2) is 6.10 Å². The van der Waals surface area contributed by atoms with Gasteiger partial charge in [-0.05, 0) is 41.5 Å². The summed E-state index contributed by atoms with van der Waals surface area (Å²) < 4.78 is 9.49. The van der Waals surface area contributed by atoms with Gasteiger partial charge in [0.25, 0.3) is 0 Å². The summed E-state index contributed by atoms with van der Waals surface area (Å²) >= 11 is 3.55. The number of halogens is 1. The van der Waals surface area contributed by atoms with Gasteiger partial charge in [0, 0.05) is 23.1 Å². The van der Waals surface area contributed by atoms with Gasteiger partial charge in [-0.2, -0.15) is 5.10 Å². The Balaban J connectivity index is 1.63. The number of aryl methyl sites for hydroxylation is 1. The molecular weight excluding hydrogens is 450 g/mol. The van der Waals surface area contributed by atoms with Crippen molar-refractivity contribution in [2.45, 2.75) is 6.10 Å². The van der Waals surface area contributed by atoms with E-state index in [0.29, 0.717) is 5.88 Å². The zero-order valence-electron chi connectivity index (χ0n) is 16.9. The summed E-state index contributed by atoms with van der Waals surface area (Å²) in [6, 6.07) is 30.5. The van der Waals surface area contributed by atoms with Gasteiger partial charge in [-0.25, -0.2) is 4.98 Å². The third kappa shape index (κ3) is 3.84. The largest absolute Gasteiger partial charge is 0.464 e. The smallest absolute Gasteiger partial charge is 0.223 e. The number of hydrogen-bond acceptors (Lipinski definition) is 3. The molecule has 0 aliphatic heterocycles. The first kappa shape index (κ1) is 19.5. The lowest BCUT2D eigenvalue weighted by Gasteiger charge is -2.20. The van der Waals surface area contributed by atoms with Gasteiger partial charge in [0.05, 0.1) is 11.1 Å². The van der Waals surface area contributed by atoms with Crippen LogP contribution in [0, 0.1) is 0 Å². The molecule has 5 aromatic rings. The van der Waals surface area contributed by atoms with E-state index < -0.39 is 0 Å². The van der Waals surface area contributed by atoms with Gasteiger partial charge < -0.3 is 4.74 Å². The molecule has 0 saturated carbocycles. The number of ether oxygens (including phenoxy) is 1. The molecule has 0 N–H and O–H groups in total. The average molecular weight is 470 g/mol. The first-order valence-corrected chi connectivity index (χ1v) is 10.8. The zero-order valence-corrected chi connectivity index (χ0v) is 18.5. The predicted octanol–water partition coefficient (Wildman–Crippen LogP) is 6.57. The lowest BCUT2D eigenvalue weighted by molar-refractivity contribution is 0.238. The number of nitrogens with zero attached hydrogens (tertiary/aromatic N) is 3. The van der Waals surface area contributed by atoms with Crippen molar-refractivity contribution in [1.82, 2.24) is 14.8 Å².